The van der Waals surface area contributed by atoms with Crippen LogP contribution in [0.4, 0.5) is 0 Å². The first-order valence-corrected chi connectivity index (χ1v) is 6.39. The summed E-state index contributed by atoms with van der Waals surface area (Å²) in [5.74, 6) is -1.15. The van der Waals surface area contributed by atoms with E-state index >= 15 is 0 Å². The molecule has 86 valence electrons. The summed E-state index contributed by atoms with van der Waals surface area (Å²) in [7, 11) is 0. The van der Waals surface area contributed by atoms with Crippen molar-refractivity contribution in [3.8, 4) is 11.1 Å². The molecule has 0 amide bonds. The van der Waals surface area contributed by atoms with E-state index in [0.717, 1.165) is 11.1 Å². The number of carboxylic acids is 1. The summed E-state index contributed by atoms with van der Waals surface area (Å²) in [5, 5.41) is 10.8. The Morgan fingerprint density at radius 3 is 2.35 bits per heavy atom. The fourth-order valence-corrected chi connectivity index (χ4v) is 2.02. The molecule has 2 rings (SSSR count). The molecule has 0 saturated carbocycles. The minimum absolute atomic E-state index is 0.205. The highest BCUT2D eigenvalue weighted by atomic mass is 32.2. The van der Waals surface area contributed by atoms with Crippen LogP contribution >= 0.6 is 11.8 Å². The molecule has 0 saturated heterocycles. The third kappa shape index (κ3) is 2.68. The maximum atomic E-state index is 10.8. The number of carboxylic acid groups (broad SMARTS) is 1. The zero-order valence-electron chi connectivity index (χ0n) is 9.34. The Morgan fingerprint density at radius 2 is 1.76 bits per heavy atom. The van der Waals surface area contributed by atoms with Crippen LogP contribution in [0.25, 0.3) is 11.1 Å². The maximum absolute atomic E-state index is 10.8. The standard InChI is InChI=1S/C14H12O2S/c1-17-13-7-5-10(6-8-13)11-3-2-4-12(9-11)14(15)16/h2-9H,1H3,(H,15,16)/p-1. The van der Waals surface area contributed by atoms with Gasteiger partial charge in [-0.1, -0.05) is 30.3 Å². The van der Waals surface area contributed by atoms with E-state index < -0.39 is 5.97 Å². The summed E-state index contributed by atoms with van der Waals surface area (Å²) in [4.78, 5) is 12.0. The molecule has 0 heterocycles. The predicted octanol–water partition coefficient (Wildman–Crippen LogP) is 2.44. The molecular formula is C14H11O2S-. The highest BCUT2D eigenvalue weighted by molar-refractivity contribution is 7.98. The Balaban J connectivity index is 2.38. The fraction of sp³-hybridized carbons (Fsp3) is 0.0714. The summed E-state index contributed by atoms with van der Waals surface area (Å²) in [6.45, 7) is 0. The number of rotatable bonds is 3. The molecule has 0 unspecified atom stereocenters. The van der Waals surface area contributed by atoms with E-state index in [4.69, 9.17) is 0 Å². The number of thioether (sulfide) groups is 1. The van der Waals surface area contributed by atoms with E-state index in [1.54, 1.807) is 23.9 Å². The van der Waals surface area contributed by atoms with Crippen LogP contribution in [0.5, 0.6) is 0 Å². The zero-order valence-corrected chi connectivity index (χ0v) is 10.2. The molecule has 0 radical (unpaired) electrons. The number of carbonyl (C=O) groups excluding carboxylic acids is 1. The van der Waals surface area contributed by atoms with Gasteiger partial charge in [-0.3, -0.25) is 0 Å². The predicted molar refractivity (Wildman–Crippen MR) is 68.0 cm³/mol. The van der Waals surface area contributed by atoms with E-state index in [-0.39, 0.29) is 5.56 Å². The van der Waals surface area contributed by atoms with E-state index in [1.165, 1.54) is 11.0 Å². The van der Waals surface area contributed by atoms with Gasteiger partial charge in [0, 0.05) is 4.90 Å². The molecule has 0 aliphatic heterocycles. The summed E-state index contributed by atoms with van der Waals surface area (Å²) >= 11 is 1.68. The SMILES string of the molecule is CSc1ccc(-c2cccc(C(=O)[O-])c2)cc1. The van der Waals surface area contributed by atoms with Gasteiger partial charge in [0.25, 0.3) is 0 Å². The minimum Gasteiger partial charge on any atom is -0.545 e. The molecule has 3 heteroatoms. The van der Waals surface area contributed by atoms with Crippen LogP contribution < -0.4 is 5.11 Å². The van der Waals surface area contributed by atoms with Gasteiger partial charge >= 0.3 is 0 Å². The van der Waals surface area contributed by atoms with Gasteiger partial charge < -0.3 is 9.90 Å². The molecule has 17 heavy (non-hydrogen) atoms. The van der Waals surface area contributed by atoms with Gasteiger partial charge in [-0.05, 0) is 41.1 Å². The minimum atomic E-state index is -1.15. The number of hydrogen-bond donors (Lipinski definition) is 0. The van der Waals surface area contributed by atoms with Crippen molar-refractivity contribution in [2.45, 2.75) is 4.90 Å². The van der Waals surface area contributed by atoms with E-state index in [9.17, 15) is 9.90 Å². The second kappa shape index (κ2) is 5.06. The second-order valence-corrected chi connectivity index (χ2v) is 4.48. The number of carbonyl (C=O) groups is 1. The van der Waals surface area contributed by atoms with Crippen LogP contribution in [0, 0.1) is 0 Å². The Labute approximate surface area is 104 Å². The highest BCUT2D eigenvalue weighted by Gasteiger charge is 2.00. The molecule has 0 aliphatic carbocycles. The van der Waals surface area contributed by atoms with Crippen molar-refractivity contribution in [2.24, 2.45) is 0 Å². The van der Waals surface area contributed by atoms with Gasteiger partial charge in [0.15, 0.2) is 0 Å². The van der Waals surface area contributed by atoms with Gasteiger partial charge in [0.05, 0.1) is 5.97 Å². The monoisotopic (exact) mass is 243 g/mol. The molecule has 0 fully saturated rings. The number of aromatic carboxylic acids is 1. The highest BCUT2D eigenvalue weighted by Crippen LogP contribution is 2.23. The van der Waals surface area contributed by atoms with Crippen molar-refractivity contribution in [2.75, 3.05) is 6.26 Å². The molecule has 0 atom stereocenters. The van der Waals surface area contributed by atoms with E-state index in [2.05, 4.69) is 0 Å². The topological polar surface area (TPSA) is 40.1 Å². The van der Waals surface area contributed by atoms with Crippen molar-refractivity contribution in [1.29, 1.82) is 0 Å². The summed E-state index contributed by atoms with van der Waals surface area (Å²) in [6.07, 6.45) is 2.02. The molecular weight excluding hydrogens is 232 g/mol. The molecule has 0 bridgehead atoms. The number of hydrogen-bond acceptors (Lipinski definition) is 3. The Morgan fingerprint density at radius 1 is 1.06 bits per heavy atom. The van der Waals surface area contributed by atoms with Crippen molar-refractivity contribution in [3.05, 3.63) is 54.1 Å². The lowest BCUT2D eigenvalue weighted by molar-refractivity contribution is -0.255. The van der Waals surface area contributed by atoms with Gasteiger partial charge in [-0.2, -0.15) is 0 Å². The summed E-state index contributed by atoms with van der Waals surface area (Å²) in [5.41, 5.74) is 2.10. The molecule has 0 N–H and O–H groups in total. The van der Waals surface area contributed by atoms with E-state index in [1.807, 2.05) is 36.6 Å². The molecule has 0 aliphatic rings. The maximum Gasteiger partial charge on any atom is 0.0715 e. The van der Waals surface area contributed by atoms with Crippen LogP contribution in [-0.4, -0.2) is 12.2 Å². The van der Waals surface area contributed by atoms with Gasteiger partial charge in [-0.25, -0.2) is 0 Å². The quantitative estimate of drug-likeness (QED) is 0.777. The van der Waals surface area contributed by atoms with Crippen LogP contribution in [0.3, 0.4) is 0 Å². The van der Waals surface area contributed by atoms with Crippen molar-refractivity contribution < 1.29 is 9.90 Å². The van der Waals surface area contributed by atoms with Crippen LogP contribution in [0.2, 0.25) is 0 Å². The van der Waals surface area contributed by atoms with Gasteiger partial charge in [-0.15, -0.1) is 11.8 Å². The summed E-state index contributed by atoms with van der Waals surface area (Å²) < 4.78 is 0. The molecule has 2 nitrogen and oxygen atoms in total. The average Bonchev–Trinajstić information content (AvgIpc) is 2.39. The largest absolute Gasteiger partial charge is 0.545 e. The molecule has 2 aromatic carbocycles. The summed E-state index contributed by atoms with van der Waals surface area (Å²) in [6, 6.07) is 14.8. The molecule has 0 spiro atoms. The molecule has 2 aromatic rings. The first-order chi connectivity index (χ1) is 8.20. The fourth-order valence-electron chi connectivity index (χ4n) is 1.61. The third-order valence-electron chi connectivity index (χ3n) is 2.52. The Hall–Kier alpha value is -1.74. The lowest BCUT2D eigenvalue weighted by atomic mass is 10.0. The van der Waals surface area contributed by atoms with Crippen LogP contribution in [0.1, 0.15) is 10.4 Å². The van der Waals surface area contributed by atoms with Crippen molar-refractivity contribution in [3.63, 3.8) is 0 Å². The third-order valence-corrected chi connectivity index (χ3v) is 3.27. The average molecular weight is 243 g/mol. The van der Waals surface area contributed by atoms with Crippen LogP contribution in [-0.2, 0) is 0 Å². The zero-order chi connectivity index (χ0) is 12.3. The first-order valence-electron chi connectivity index (χ1n) is 5.16. The van der Waals surface area contributed by atoms with Crippen molar-refractivity contribution >= 4 is 17.7 Å². The van der Waals surface area contributed by atoms with Gasteiger partial charge in [0.2, 0.25) is 0 Å². The Bertz CT molecular complexity index is 532. The lowest BCUT2D eigenvalue weighted by Crippen LogP contribution is -2.22. The first kappa shape index (κ1) is 11.7. The normalized spacial score (nSPS) is 10.2. The Kier molecular flexibility index (Phi) is 3.49. The lowest BCUT2D eigenvalue weighted by Gasteiger charge is -2.06. The van der Waals surface area contributed by atoms with Crippen LogP contribution in [0.15, 0.2) is 53.4 Å². The second-order valence-electron chi connectivity index (χ2n) is 3.60. The smallest absolute Gasteiger partial charge is 0.0715 e. The van der Waals surface area contributed by atoms with E-state index in [0.29, 0.717) is 0 Å². The molecule has 0 aromatic heterocycles. The van der Waals surface area contributed by atoms with Crippen molar-refractivity contribution in [1.82, 2.24) is 0 Å². The number of benzene rings is 2. The van der Waals surface area contributed by atoms with Gasteiger partial charge in [0.1, 0.15) is 0 Å².